The average Bonchev–Trinajstić information content (AvgIpc) is 3.78. The topological polar surface area (TPSA) is 261 Å². The third-order valence-electron chi connectivity index (χ3n) is 12.6. The number of halogens is 3. The SMILES string of the molecule is CC1(C)C[C@@H](Nc2cccc(-c3sc(C(=O)O)c(OCC(=O)O)c3Cl)c2F)CCN1S(=O)(=O)Cc1ccc(F)c(NC(=O)C2CN(C(=O)CNc3cccc4c3CN([C@H]3CCC(=O)NC3=O)C4=O)C2)c1. The number of imide groups is 1. The molecule has 0 unspecified atom stereocenters. The lowest BCUT2D eigenvalue weighted by Gasteiger charge is -2.45. The zero-order valence-electron chi connectivity index (χ0n) is 37.5. The molecule has 3 saturated heterocycles. The number of ether oxygens (including phenoxy) is 1. The van der Waals surface area contributed by atoms with Gasteiger partial charge in [0.1, 0.15) is 16.9 Å². The summed E-state index contributed by atoms with van der Waals surface area (Å²) in [6.45, 7) is 2.62. The molecule has 70 heavy (non-hydrogen) atoms. The molecule has 3 aromatic carbocycles. The number of amides is 5. The number of nitrogens with zero attached hydrogens (tertiary/aromatic N) is 3. The van der Waals surface area contributed by atoms with Gasteiger partial charge in [0.15, 0.2) is 23.1 Å². The van der Waals surface area contributed by atoms with Crippen LogP contribution in [0.4, 0.5) is 25.8 Å². The van der Waals surface area contributed by atoms with Crippen molar-refractivity contribution in [1.29, 1.82) is 0 Å². The van der Waals surface area contributed by atoms with Crippen LogP contribution in [0, 0.1) is 17.6 Å². The lowest BCUT2D eigenvalue weighted by molar-refractivity contribution is -0.140. The number of benzene rings is 3. The smallest absolute Gasteiger partial charge is 0.349 e. The number of carboxylic acid groups (broad SMARTS) is 2. The van der Waals surface area contributed by atoms with Crippen molar-refractivity contribution < 1.29 is 65.7 Å². The van der Waals surface area contributed by atoms with E-state index in [9.17, 15) is 47.1 Å². The van der Waals surface area contributed by atoms with Gasteiger partial charge in [0, 0.05) is 66.6 Å². The van der Waals surface area contributed by atoms with Crippen molar-refractivity contribution in [2.75, 3.05) is 48.7 Å². The molecule has 0 spiro atoms. The molecule has 5 amide bonds. The number of rotatable bonds is 16. The Morgan fingerprint density at radius 3 is 2.37 bits per heavy atom. The molecule has 24 heteroatoms. The molecule has 5 heterocycles. The number of fused-ring (bicyclic) bond motifs is 1. The van der Waals surface area contributed by atoms with E-state index in [-0.39, 0.29) is 103 Å². The van der Waals surface area contributed by atoms with Crippen LogP contribution in [0.3, 0.4) is 0 Å². The van der Waals surface area contributed by atoms with E-state index in [1.165, 1.54) is 44.4 Å². The molecule has 4 aliphatic rings. The Hall–Kier alpha value is -6.69. The lowest BCUT2D eigenvalue weighted by atomic mass is 9.89. The minimum atomic E-state index is -4.05. The third-order valence-corrected chi connectivity index (χ3v) is 16.4. The summed E-state index contributed by atoms with van der Waals surface area (Å²) < 4.78 is 65.6. The molecule has 4 aromatic rings. The first-order valence-electron chi connectivity index (χ1n) is 22.0. The number of sulfonamides is 1. The van der Waals surface area contributed by atoms with Gasteiger partial charge in [-0.15, -0.1) is 11.3 Å². The Morgan fingerprint density at radius 2 is 1.69 bits per heavy atom. The minimum absolute atomic E-state index is 0.00883. The Labute approximate surface area is 408 Å². The summed E-state index contributed by atoms with van der Waals surface area (Å²) in [5.74, 6) is -8.19. The van der Waals surface area contributed by atoms with Crippen molar-refractivity contribution in [3.63, 3.8) is 0 Å². The first-order chi connectivity index (χ1) is 33.1. The van der Waals surface area contributed by atoms with Crippen molar-refractivity contribution in [2.24, 2.45) is 5.92 Å². The predicted octanol–water partition coefficient (Wildman–Crippen LogP) is 4.96. The largest absolute Gasteiger partial charge is 0.479 e. The van der Waals surface area contributed by atoms with Crippen LogP contribution < -0.4 is 26.0 Å². The number of aliphatic carboxylic acids is 1. The molecule has 0 saturated carbocycles. The van der Waals surface area contributed by atoms with E-state index in [4.69, 9.17) is 21.4 Å². The van der Waals surface area contributed by atoms with E-state index in [1.54, 1.807) is 32.0 Å². The number of thiophene rings is 1. The number of hydrogen-bond donors (Lipinski definition) is 6. The number of carbonyl (C=O) groups excluding carboxylic acids is 5. The number of piperidine rings is 2. The van der Waals surface area contributed by atoms with E-state index in [0.717, 1.165) is 6.07 Å². The second-order valence-electron chi connectivity index (χ2n) is 17.9. The second-order valence-corrected chi connectivity index (χ2v) is 21.2. The molecular formula is C46H46ClF2N7O12S2. The van der Waals surface area contributed by atoms with E-state index in [2.05, 4.69) is 21.3 Å². The molecule has 6 N–H and O–H groups in total. The van der Waals surface area contributed by atoms with Gasteiger partial charge in [-0.25, -0.2) is 26.8 Å². The third kappa shape index (κ3) is 10.1. The normalized spacial score (nSPS) is 19.2. The molecule has 370 valence electrons. The molecule has 19 nitrogen and oxygen atoms in total. The monoisotopic (exact) mass is 1030 g/mol. The van der Waals surface area contributed by atoms with Crippen molar-refractivity contribution >= 4 is 91.5 Å². The highest BCUT2D eigenvalue weighted by Crippen LogP contribution is 2.47. The first kappa shape index (κ1) is 49.7. The van der Waals surface area contributed by atoms with E-state index < -0.39 is 97.8 Å². The maximum atomic E-state index is 16.1. The molecular weight excluding hydrogens is 980 g/mol. The van der Waals surface area contributed by atoms with Gasteiger partial charge < -0.3 is 40.7 Å². The summed E-state index contributed by atoms with van der Waals surface area (Å²) in [4.78, 5) is 89.1. The fourth-order valence-corrected chi connectivity index (χ4v) is 12.6. The van der Waals surface area contributed by atoms with Crippen molar-refractivity contribution in [3.8, 4) is 16.2 Å². The highest BCUT2D eigenvalue weighted by molar-refractivity contribution is 7.88. The summed E-state index contributed by atoms with van der Waals surface area (Å²) in [6, 6.07) is 11.7. The molecule has 0 aliphatic carbocycles. The Morgan fingerprint density at radius 1 is 0.971 bits per heavy atom. The molecule has 0 radical (unpaired) electrons. The fraction of sp³-hybridized carbons (Fsp3) is 0.370. The standard InChI is InChI=1S/C46H46ClF2N7O12S2/c1-46(2)16-25(51-31-8-4-6-27(38(31)49)40-37(47)39(68-21-36(59)60)41(69-40)45(64)65)13-14-56(46)70(66,67)22-23-9-10-29(48)32(15-23)52-42(61)24-18-54(19-24)35(58)17-50-30-7-3-5-26-28(30)20-55(44(26)63)33-11-12-34(57)53-43(33)62/h3-10,15,24-25,33,50-51H,11-14,16-22H2,1-2H3,(H,52,61)(H,59,60)(H,64,65)(H,53,57,62)/t25-,33-/m0/s1. The number of nitrogens with one attached hydrogen (secondary N) is 4. The van der Waals surface area contributed by atoms with Gasteiger partial charge in [-0.2, -0.15) is 4.31 Å². The average molecular weight is 1030 g/mol. The zero-order chi connectivity index (χ0) is 50.4. The van der Waals surface area contributed by atoms with Gasteiger partial charge in [0.05, 0.1) is 34.5 Å². The van der Waals surface area contributed by atoms with Crippen LogP contribution in [-0.2, 0) is 46.3 Å². The van der Waals surface area contributed by atoms with Crippen LogP contribution in [0.25, 0.3) is 10.4 Å². The highest BCUT2D eigenvalue weighted by atomic mass is 35.5. The summed E-state index contributed by atoms with van der Waals surface area (Å²) in [7, 11) is -4.05. The molecule has 0 bridgehead atoms. The molecule has 1 aromatic heterocycles. The Bertz CT molecular complexity index is 2960. The van der Waals surface area contributed by atoms with E-state index in [0.29, 0.717) is 28.2 Å². The highest BCUT2D eigenvalue weighted by Gasteiger charge is 2.43. The minimum Gasteiger partial charge on any atom is -0.479 e. The van der Waals surface area contributed by atoms with E-state index >= 15 is 8.78 Å². The van der Waals surface area contributed by atoms with Crippen LogP contribution in [0.5, 0.6) is 5.75 Å². The summed E-state index contributed by atoms with van der Waals surface area (Å²) in [5, 5.41) is 29.4. The molecule has 2 atom stereocenters. The van der Waals surface area contributed by atoms with Crippen LogP contribution in [0.2, 0.25) is 5.02 Å². The fourth-order valence-electron chi connectivity index (χ4n) is 9.20. The summed E-state index contributed by atoms with van der Waals surface area (Å²) >= 11 is 7.03. The number of carbonyl (C=O) groups is 7. The number of carboxylic acids is 2. The quantitative estimate of drug-likeness (QED) is 0.0811. The van der Waals surface area contributed by atoms with Gasteiger partial charge in [-0.3, -0.25) is 29.3 Å². The number of aromatic carboxylic acids is 1. The van der Waals surface area contributed by atoms with Gasteiger partial charge in [-0.05, 0) is 69.0 Å². The van der Waals surface area contributed by atoms with Gasteiger partial charge in [-0.1, -0.05) is 35.9 Å². The number of likely N-dealkylation sites (tertiary alicyclic amines) is 1. The maximum absolute atomic E-state index is 16.1. The van der Waals surface area contributed by atoms with Crippen LogP contribution in [0.1, 0.15) is 70.7 Å². The Balaban J connectivity index is 0.839. The van der Waals surface area contributed by atoms with Gasteiger partial charge in [0.25, 0.3) is 5.91 Å². The van der Waals surface area contributed by atoms with Gasteiger partial charge in [0.2, 0.25) is 33.7 Å². The lowest BCUT2D eigenvalue weighted by Crippen LogP contribution is -2.55. The number of hydrogen-bond acceptors (Lipinski definition) is 13. The summed E-state index contributed by atoms with van der Waals surface area (Å²) in [6.07, 6.45) is 0.801. The number of anilines is 3. The first-order valence-corrected chi connectivity index (χ1v) is 24.8. The predicted molar refractivity (Wildman–Crippen MR) is 251 cm³/mol. The van der Waals surface area contributed by atoms with Crippen LogP contribution in [-0.4, -0.2) is 125 Å². The van der Waals surface area contributed by atoms with Crippen LogP contribution in [0.15, 0.2) is 54.6 Å². The molecule has 4 aliphatic heterocycles. The second kappa shape index (κ2) is 19.6. The van der Waals surface area contributed by atoms with Gasteiger partial charge >= 0.3 is 11.9 Å². The molecule has 8 rings (SSSR count). The Kier molecular flexibility index (Phi) is 13.9. The van der Waals surface area contributed by atoms with Crippen molar-refractivity contribution in [1.82, 2.24) is 19.4 Å². The van der Waals surface area contributed by atoms with Crippen molar-refractivity contribution in [2.45, 2.75) is 69.5 Å². The van der Waals surface area contributed by atoms with Crippen molar-refractivity contribution in [3.05, 3.63) is 92.8 Å². The van der Waals surface area contributed by atoms with E-state index in [1.807, 2.05) is 0 Å². The van der Waals surface area contributed by atoms with Crippen LogP contribution >= 0.6 is 22.9 Å². The zero-order valence-corrected chi connectivity index (χ0v) is 39.9. The maximum Gasteiger partial charge on any atom is 0.349 e. The molecule has 3 fully saturated rings. The summed E-state index contributed by atoms with van der Waals surface area (Å²) in [5.41, 5.74) is 0.452.